The fourth-order valence-corrected chi connectivity index (χ4v) is 2.72. The second-order valence-corrected chi connectivity index (χ2v) is 7.03. The molecule has 0 spiro atoms. The Morgan fingerprint density at radius 2 is 2.00 bits per heavy atom. The van der Waals surface area contributed by atoms with Gasteiger partial charge in [0.05, 0.1) is 0 Å². The summed E-state index contributed by atoms with van der Waals surface area (Å²) in [5.74, 6) is -0.597. The number of amides is 2. The molecule has 0 aliphatic carbocycles. The van der Waals surface area contributed by atoms with Crippen molar-refractivity contribution < 1.29 is 29.6 Å². The van der Waals surface area contributed by atoms with E-state index in [0.717, 1.165) is 12.8 Å². The number of aliphatic hydroxyl groups excluding tert-OH is 3. The van der Waals surface area contributed by atoms with Crippen molar-refractivity contribution in [3.8, 4) is 0 Å². The largest absolute Gasteiger partial charge is 0.387 e. The summed E-state index contributed by atoms with van der Waals surface area (Å²) in [5.41, 5.74) is 0. The monoisotopic (exact) mass is 372 g/mol. The molecule has 5 atom stereocenters. The zero-order chi connectivity index (χ0) is 19.7. The summed E-state index contributed by atoms with van der Waals surface area (Å²) in [6, 6.07) is -0.706. The second kappa shape index (κ2) is 11.3. The van der Waals surface area contributed by atoms with Gasteiger partial charge in [-0.2, -0.15) is 0 Å². The fourth-order valence-electron chi connectivity index (χ4n) is 2.72. The minimum absolute atomic E-state index is 0.280. The molecule has 0 aromatic rings. The summed E-state index contributed by atoms with van der Waals surface area (Å²) in [6.07, 6.45) is -0.0686. The Morgan fingerprint density at radius 3 is 2.62 bits per heavy atom. The number of rotatable bonds is 9. The Labute approximate surface area is 154 Å². The first-order valence-electron chi connectivity index (χ1n) is 9.09. The smallest absolute Gasteiger partial charge is 0.252 e. The van der Waals surface area contributed by atoms with Gasteiger partial charge in [0, 0.05) is 13.7 Å². The lowest BCUT2D eigenvalue weighted by atomic mass is 10.0. The highest BCUT2D eigenvalue weighted by atomic mass is 16.5. The zero-order valence-electron chi connectivity index (χ0n) is 15.7. The molecule has 1 aliphatic heterocycles. The summed E-state index contributed by atoms with van der Waals surface area (Å²) < 4.78 is 5.01. The molecule has 2 amide bonds. The highest BCUT2D eigenvalue weighted by molar-refractivity contribution is 5.89. The number of aliphatic hydroxyl groups is 3. The van der Waals surface area contributed by atoms with Crippen molar-refractivity contribution in [3.63, 3.8) is 0 Å². The van der Waals surface area contributed by atoms with Crippen molar-refractivity contribution in [2.45, 2.75) is 70.0 Å². The normalized spacial score (nSPS) is 23.2. The molecule has 0 aromatic heterocycles. The molecule has 1 fully saturated rings. The lowest BCUT2D eigenvalue weighted by molar-refractivity contribution is -0.150. The molecule has 8 heteroatoms. The average molecular weight is 372 g/mol. The Morgan fingerprint density at radius 1 is 1.31 bits per heavy atom. The molecule has 0 unspecified atom stereocenters. The Kier molecular flexibility index (Phi) is 9.79. The van der Waals surface area contributed by atoms with Crippen LogP contribution in [0.4, 0.5) is 0 Å². The van der Waals surface area contributed by atoms with E-state index in [4.69, 9.17) is 4.74 Å². The van der Waals surface area contributed by atoms with E-state index in [0.29, 0.717) is 25.3 Å². The predicted molar refractivity (Wildman–Crippen MR) is 96.2 cm³/mol. The number of carbonyl (C=O) groups is 2. The van der Waals surface area contributed by atoms with Crippen molar-refractivity contribution in [2.24, 2.45) is 5.92 Å². The van der Waals surface area contributed by atoms with Gasteiger partial charge in [-0.3, -0.25) is 9.59 Å². The topological polar surface area (TPSA) is 128 Å². The van der Waals surface area contributed by atoms with Crippen molar-refractivity contribution in [3.05, 3.63) is 12.2 Å². The number of allylic oxidation sites excluding steroid dienone is 1. The molecule has 8 nitrogen and oxygen atoms in total. The van der Waals surface area contributed by atoms with Gasteiger partial charge in [-0.05, 0) is 31.6 Å². The van der Waals surface area contributed by atoms with E-state index in [-0.39, 0.29) is 5.91 Å². The van der Waals surface area contributed by atoms with Crippen molar-refractivity contribution in [1.82, 2.24) is 10.6 Å². The van der Waals surface area contributed by atoms with Gasteiger partial charge in [0.2, 0.25) is 5.91 Å². The van der Waals surface area contributed by atoms with Crippen LogP contribution in [0, 0.1) is 5.92 Å². The van der Waals surface area contributed by atoms with Crippen LogP contribution >= 0.6 is 0 Å². The maximum Gasteiger partial charge on any atom is 0.252 e. The third-order valence-electron chi connectivity index (χ3n) is 4.31. The number of carbonyl (C=O) groups excluding carboxylic acids is 2. The van der Waals surface area contributed by atoms with Crippen molar-refractivity contribution in [1.29, 1.82) is 0 Å². The molecule has 1 heterocycles. The van der Waals surface area contributed by atoms with Crippen molar-refractivity contribution >= 4 is 11.8 Å². The molecule has 150 valence electrons. The van der Waals surface area contributed by atoms with E-state index in [9.17, 15) is 24.9 Å². The van der Waals surface area contributed by atoms with Gasteiger partial charge < -0.3 is 30.7 Å². The first kappa shape index (κ1) is 22.6. The van der Waals surface area contributed by atoms with Gasteiger partial charge in [-0.1, -0.05) is 26.0 Å². The van der Waals surface area contributed by atoms with Crippen LogP contribution in [0.1, 0.15) is 39.5 Å². The molecule has 0 saturated carbocycles. The third-order valence-corrected chi connectivity index (χ3v) is 4.31. The lowest BCUT2D eigenvalue weighted by Crippen LogP contribution is -2.55. The van der Waals surface area contributed by atoms with Crippen LogP contribution in [0.3, 0.4) is 0 Å². The predicted octanol–water partition coefficient (Wildman–Crippen LogP) is -0.529. The number of hydrogen-bond donors (Lipinski definition) is 5. The summed E-state index contributed by atoms with van der Waals surface area (Å²) in [7, 11) is 1.22. The zero-order valence-corrected chi connectivity index (χ0v) is 15.7. The highest BCUT2D eigenvalue weighted by Crippen LogP contribution is 2.12. The third kappa shape index (κ3) is 7.03. The van der Waals surface area contributed by atoms with Gasteiger partial charge in [0.1, 0.15) is 24.4 Å². The van der Waals surface area contributed by atoms with E-state index >= 15 is 0 Å². The fraction of sp³-hybridized carbons (Fsp3) is 0.778. The van der Waals surface area contributed by atoms with Crippen LogP contribution in [0.15, 0.2) is 12.2 Å². The summed E-state index contributed by atoms with van der Waals surface area (Å²) in [4.78, 5) is 24.3. The average Bonchev–Trinajstić information content (AvgIpc) is 2.79. The van der Waals surface area contributed by atoms with Crippen LogP contribution < -0.4 is 10.6 Å². The first-order valence-corrected chi connectivity index (χ1v) is 9.09. The molecular weight excluding hydrogens is 340 g/mol. The number of methoxy groups -OCH3 is 1. The molecular formula is C18H32N2O6. The molecule has 0 radical (unpaired) electrons. The summed E-state index contributed by atoms with van der Waals surface area (Å²) >= 11 is 0. The van der Waals surface area contributed by atoms with Crippen LogP contribution in [-0.2, 0) is 14.3 Å². The maximum absolute atomic E-state index is 12.4. The maximum atomic E-state index is 12.4. The van der Waals surface area contributed by atoms with Gasteiger partial charge in [-0.25, -0.2) is 0 Å². The van der Waals surface area contributed by atoms with Crippen LogP contribution in [0.25, 0.3) is 0 Å². The number of ether oxygens (including phenoxy) is 1. The van der Waals surface area contributed by atoms with Crippen LogP contribution in [-0.4, -0.2) is 71.2 Å². The van der Waals surface area contributed by atoms with Gasteiger partial charge in [0.25, 0.3) is 5.91 Å². The minimum atomic E-state index is -1.65. The molecule has 0 aromatic carbocycles. The summed E-state index contributed by atoms with van der Waals surface area (Å²) in [5, 5.41) is 35.6. The number of nitrogens with one attached hydrogen (secondary N) is 2. The van der Waals surface area contributed by atoms with Crippen molar-refractivity contribution in [2.75, 3.05) is 13.7 Å². The minimum Gasteiger partial charge on any atom is -0.387 e. The molecule has 5 N–H and O–H groups in total. The molecule has 1 aliphatic rings. The molecule has 0 bridgehead atoms. The molecule has 1 saturated heterocycles. The van der Waals surface area contributed by atoms with E-state index in [1.807, 2.05) is 13.8 Å². The van der Waals surface area contributed by atoms with E-state index in [1.165, 1.54) is 13.2 Å². The SMILES string of the molecule is CO[C@@H](C(=O)N[C@H]1CCCCNC1=O)[C@H](O)[C@@H](O)[C@H](O)/C=C/CC(C)C. The van der Waals surface area contributed by atoms with Gasteiger partial charge in [-0.15, -0.1) is 0 Å². The standard InChI is InChI=1S/C18H32N2O6/c1-11(2)7-6-9-13(21)14(22)15(23)16(26-3)18(25)20-12-8-4-5-10-19-17(12)24/h6,9,11-16,21-23H,4-5,7-8,10H2,1-3H3,(H,19,24)(H,20,25)/b9-6+/t12-,13+,14-,15+,16+/m0/s1. The van der Waals surface area contributed by atoms with Crippen LogP contribution in [0.2, 0.25) is 0 Å². The Hall–Kier alpha value is -1.48. The molecule has 1 rings (SSSR count). The van der Waals surface area contributed by atoms with Gasteiger partial charge in [0.15, 0.2) is 6.10 Å². The Bertz CT molecular complexity index is 482. The number of hydrogen-bond acceptors (Lipinski definition) is 6. The van der Waals surface area contributed by atoms with Gasteiger partial charge >= 0.3 is 0 Å². The quantitative estimate of drug-likeness (QED) is 0.346. The Balaban J connectivity index is 2.67. The lowest BCUT2D eigenvalue weighted by Gasteiger charge is -2.28. The van der Waals surface area contributed by atoms with E-state index < -0.39 is 36.4 Å². The van der Waals surface area contributed by atoms with E-state index in [1.54, 1.807) is 6.08 Å². The highest BCUT2D eigenvalue weighted by Gasteiger charge is 2.36. The summed E-state index contributed by atoms with van der Waals surface area (Å²) in [6.45, 7) is 4.59. The second-order valence-electron chi connectivity index (χ2n) is 7.03. The molecule has 26 heavy (non-hydrogen) atoms. The first-order chi connectivity index (χ1) is 12.3. The van der Waals surface area contributed by atoms with Crippen LogP contribution in [0.5, 0.6) is 0 Å². The van der Waals surface area contributed by atoms with E-state index in [2.05, 4.69) is 10.6 Å².